The molecule has 1 saturated heterocycles. The van der Waals surface area contributed by atoms with Gasteiger partial charge in [0.15, 0.2) is 29.1 Å². The van der Waals surface area contributed by atoms with E-state index in [-0.39, 0.29) is 18.7 Å². The quantitative estimate of drug-likeness (QED) is 0.373. The smallest absolute Gasteiger partial charge is 0.293 e. The Balaban J connectivity index is 2.08. The second kappa shape index (κ2) is 7.02. The number of carbonyl (C=O) groups excluding carboxylic acids is 3. The molecule has 5 nitrogen and oxygen atoms in total. The summed E-state index contributed by atoms with van der Waals surface area (Å²) >= 11 is 0. The topological polar surface area (TPSA) is 66.5 Å². The molecule has 2 aromatic rings. The third-order valence-corrected chi connectivity index (χ3v) is 4.25. The predicted molar refractivity (Wildman–Crippen MR) is 86.3 cm³/mol. The van der Waals surface area contributed by atoms with Crippen molar-refractivity contribution < 1.29 is 36.3 Å². The van der Waals surface area contributed by atoms with Gasteiger partial charge in [-0.05, 0) is 18.6 Å². The van der Waals surface area contributed by atoms with E-state index < -0.39 is 57.9 Å². The van der Waals surface area contributed by atoms with E-state index in [0.717, 1.165) is 17.0 Å². The summed E-state index contributed by atoms with van der Waals surface area (Å²) in [5, 5.41) is 2.08. The first-order valence-corrected chi connectivity index (χ1v) is 7.91. The summed E-state index contributed by atoms with van der Waals surface area (Å²) in [4.78, 5) is 36.9. The summed E-state index contributed by atoms with van der Waals surface area (Å²) in [5.74, 6) is -13.3. The number of carbonyl (C=O) groups is 3. The van der Waals surface area contributed by atoms with E-state index in [1.165, 1.54) is 6.07 Å². The molecule has 0 saturated carbocycles. The molecule has 3 rings (SSSR count). The number of hydrogen-bond acceptors (Lipinski definition) is 3. The second-order valence-electron chi connectivity index (χ2n) is 6.03. The number of anilines is 1. The molecule has 28 heavy (non-hydrogen) atoms. The number of rotatable bonds is 3. The molecule has 1 aliphatic rings. The Morgan fingerprint density at radius 1 is 0.964 bits per heavy atom. The van der Waals surface area contributed by atoms with Crippen LogP contribution in [0.2, 0.25) is 0 Å². The van der Waals surface area contributed by atoms with Gasteiger partial charge in [0.2, 0.25) is 11.7 Å². The van der Waals surface area contributed by atoms with Gasteiger partial charge in [-0.3, -0.25) is 19.8 Å². The van der Waals surface area contributed by atoms with Crippen LogP contribution in [0.1, 0.15) is 27.9 Å². The van der Waals surface area contributed by atoms with Crippen molar-refractivity contribution in [1.82, 2.24) is 5.32 Å². The lowest BCUT2D eigenvalue weighted by Crippen LogP contribution is -2.49. The molecule has 1 fully saturated rings. The molecule has 0 radical (unpaired) electrons. The summed E-state index contributed by atoms with van der Waals surface area (Å²) in [6.07, 6.45) is -0.0129. The molecule has 0 aromatic heterocycles. The molecule has 3 amide bonds. The molecule has 2 aromatic carbocycles. The molecule has 1 N–H and O–H groups in total. The summed E-state index contributed by atoms with van der Waals surface area (Å²) in [7, 11) is 0. The summed E-state index contributed by atoms with van der Waals surface area (Å²) in [6.45, 7) is 1.57. The van der Waals surface area contributed by atoms with Crippen LogP contribution in [-0.2, 0) is 4.79 Å². The maximum Gasteiger partial charge on any atom is 0.328 e. The van der Waals surface area contributed by atoms with Gasteiger partial charge in [0.25, 0.3) is 0 Å². The highest BCUT2D eigenvalue weighted by molar-refractivity contribution is 6.11. The lowest BCUT2D eigenvalue weighted by atomic mass is 9.99. The van der Waals surface area contributed by atoms with Crippen LogP contribution in [0.5, 0.6) is 0 Å². The lowest BCUT2D eigenvalue weighted by Gasteiger charge is -2.28. The van der Waals surface area contributed by atoms with Crippen LogP contribution in [0.15, 0.2) is 18.2 Å². The zero-order valence-corrected chi connectivity index (χ0v) is 14.2. The zero-order chi connectivity index (χ0) is 20.7. The first-order chi connectivity index (χ1) is 13.1. The molecule has 146 valence electrons. The van der Waals surface area contributed by atoms with Gasteiger partial charge >= 0.3 is 6.03 Å². The number of halogens is 5. The predicted octanol–water partition coefficient (Wildman–Crippen LogP) is 3.37. The Hall–Kier alpha value is -3.30. The fourth-order valence-corrected chi connectivity index (χ4v) is 2.78. The summed E-state index contributed by atoms with van der Waals surface area (Å²) in [5.41, 5.74) is -1.35. The number of imide groups is 1. The van der Waals surface area contributed by atoms with Gasteiger partial charge in [0.05, 0.1) is 0 Å². The van der Waals surface area contributed by atoms with E-state index >= 15 is 0 Å². The van der Waals surface area contributed by atoms with Crippen LogP contribution in [0.25, 0.3) is 0 Å². The van der Waals surface area contributed by atoms with Crippen LogP contribution < -0.4 is 10.2 Å². The van der Waals surface area contributed by atoms with Crippen molar-refractivity contribution in [2.75, 3.05) is 11.4 Å². The molecular formula is C18H11F5N2O3. The molecule has 0 spiro atoms. The van der Waals surface area contributed by atoms with Crippen molar-refractivity contribution in [2.24, 2.45) is 0 Å². The highest BCUT2D eigenvalue weighted by Crippen LogP contribution is 2.28. The van der Waals surface area contributed by atoms with E-state index in [0.29, 0.717) is 5.56 Å². The van der Waals surface area contributed by atoms with Crippen molar-refractivity contribution >= 4 is 23.4 Å². The lowest BCUT2D eigenvalue weighted by molar-refractivity contribution is -0.120. The van der Waals surface area contributed by atoms with Gasteiger partial charge in [-0.15, -0.1) is 0 Å². The minimum Gasteiger partial charge on any atom is -0.293 e. The van der Waals surface area contributed by atoms with E-state index in [9.17, 15) is 36.3 Å². The largest absolute Gasteiger partial charge is 0.328 e. The minimum atomic E-state index is -2.37. The fraction of sp³-hybridized carbons (Fsp3) is 0.167. The number of nitrogens with zero attached hydrogens (tertiary/aromatic N) is 1. The Morgan fingerprint density at radius 2 is 1.54 bits per heavy atom. The van der Waals surface area contributed by atoms with Crippen LogP contribution in [0.3, 0.4) is 0 Å². The number of ketones is 1. The maximum absolute atomic E-state index is 13.9. The Morgan fingerprint density at radius 3 is 2.11 bits per heavy atom. The molecule has 0 unspecified atom stereocenters. The summed E-state index contributed by atoms with van der Waals surface area (Å²) < 4.78 is 67.8. The first-order valence-electron chi connectivity index (χ1n) is 7.91. The normalized spacial score (nSPS) is 14.3. The highest BCUT2D eigenvalue weighted by atomic mass is 19.2. The minimum absolute atomic E-state index is 0.00826. The third kappa shape index (κ3) is 3.10. The number of nitrogens with one attached hydrogen (secondary N) is 1. The van der Waals surface area contributed by atoms with E-state index in [4.69, 9.17) is 0 Å². The van der Waals surface area contributed by atoms with E-state index in [1.807, 2.05) is 0 Å². The molecule has 0 aliphatic carbocycles. The van der Waals surface area contributed by atoms with Crippen molar-refractivity contribution in [1.29, 1.82) is 0 Å². The van der Waals surface area contributed by atoms with Gasteiger partial charge in [0.1, 0.15) is 5.56 Å². The zero-order valence-electron chi connectivity index (χ0n) is 14.2. The van der Waals surface area contributed by atoms with Crippen molar-refractivity contribution in [2.45, 2.75) is 13.3 Å². The summed E-state index contributed by atoms with van der Waals surface area (Å²) in [6, 6.07) is 2.80. The van der Waals surface area contributed by atoms with E-state index in [1.54, 1.807) is 6.92 Å². The molecule has 0 bridgehead atoms. The van der Waals surface area contributed by atoms with Crippen LogP contribution in [-0.4, -0.2) is 24.3 Å². The molecular weight excluding hydrogens is 387 g/mol. The molecule has 1 heterocycles. The SMILES string of the molecule is Cc1ccc(C(=O)c2c(F)c(F)c(F)c(F)c2F)cc1N1CCC(=O)NC1=O. The highest BCUT2D eigenvalue weighted by Gasteiger charge is 2.31. The Kier molecular flexibility index (Phi) is 4.88. The first kappa shape index (κ1) is 19.5. The van der Waals surface area contributed by atoms with Gasteiger partial charge in [-0.2, -0.15) is 0 Å². The van der Waals surface area contributed by atoms with Gasteiger partial charge in [-0.25, -0.2) is 26.7 Å². The van der Waals surface area contributed by atoms with Crippen molar-refractivity contribution in [3.8, 4) is 0 Å². The molecule has 10 heteroatoms. The van der Waals surface area contributed by atoms with Crippen LogP contribution in [0.4, 0.5) is 32.4 Å². The standard InChI is InChI=1S/C18H11F5N2O3/c1-7-2-3-8(6-9(7)25-5-4-10(26)24-18(25)28)17(27)11-12(19)14(21)16(23)15(22)13(11)20/h2-3,6H,4-5H2,1H3,(H,24,26,28). The van der Waals surface area contributed by atoms with Crippen LogP contribution >= 0.6 is 0 Å². The maximum atomic E-state index is 13.9. The van der Waals surface area contributed by atoms with E-state index in [2.05, 4.69) is 5.32 Å². The average molecular weight is 398 g/mol. The third-order valence-electron chi connectivity index (χ3n) is 4.25. The monoisotopic (exact) mass is 398 g/mol. The average Bonchev–Trinajstić information content (AvgIpc) is 2.65. The van der Waals surface area contributed by atoms with Crippen molar-refractivity contribution in [3.63, 3.8) is 0 Å². The Bertz CT molecular complexity index is 1010. The fourth-order valence-electron chi connectivity index (χ4n) is 2.78. The number of amides is 3. The van der Waals surface area contributed by atoms with Gasteiger partial charge in [-0.1, -0.05) is 12.1 Å². The van der Waals surface area contributed by atoms with Gasteiger partial charge in [0, 0.05) is 24.2 Å². The Labute approximate surface area is 154 Å². The second-order valence-corrected chi connectivity index (χ2v) is 6.03. The molecule has 0 atom stereocenters. The van der Waals surface area contributed by atoms with Crippen LogP contribution in [0, 0.1) is 36.0 Å². The van der Waals surface area contributed by atoms with Gasteiger partial charge < -0.3 is 0 Å². The molecule has 1 aliphatic heterocycles. The number of benzene rings is 2. The van der Waals surface area contributed by atoms with Crippen molar-refractivity contribution in [3.05, 3.63) is 64.0 Å². The number of urea groups is 1. The number of aryl methyl sites for hydroxylation is 1. The number of hydrogen-bond donors (Lipinski definition) is 1.